The molecule has 0 radical (unpaired) electrons. The molecule has 20 heavy (non-hydrogen) atoms. The third kappa shape index (κ3) is 3.50. The summed E-state index contributed by atoms with van der Waals surface area (Å²) in [6, 6.07) is 8.37. The Morgan fingerprint density at radius 1 is 1.05 bits per heavy atom. The Morgan fingerprint density at radius 2 is 1.80 bits per heavy atom. The lowest BCUT2D eigenvalue weighted by Gasteiger charge is -2.12. The predicted molar refractivity (Wildman–Crippen MR) is 83.4 cm³/mol. The van der Waals surface area contributed by atoms with Gasteiger partial charge >= 0.3 is 0 Å². The Labute approximate surface area is 121 Å². The van der Waals surface area contributed by atoms with Gasteiger partial charge in [-0.05, 0) is 56.0 Å². The molecule has 0 bridgehead atoms. The van der Waals surface area contributed by atoms with Crippen LogP contribution in [0.2, 0.25) is 0 Å². The van der Waals surface area contributed by atoms with Crippen LogP contribution in [0.3, 0.4) is 0 Å². The SMILES string of the molecule is CCOc1ccc(NCc2cc(C)c(C)cc2C)cn1. The monoisotopic (exact) mass is 270 g/mol. The molecular formula is C17H22N2O. The van der Waals surface area contributed by atoms with E-state index in [1.165, 1.54) is 22.3 Å². The maximum Gasteiger partial charge on any atom is 0.213 e. The second-order valence-electron chi connectivity index (χ2n) is 5.03. The summed E-state index contributed by atoms with van der Waals surface area (Å²) in [7, 11) is 0. The molecule has 1 aromatic heterocycles. The van der Waals surface area contributed by atoms with E-state index in [-0.39, 0.29) is 0 Å². The fourth-order valence-electron chi connectivity index (χ4n) is 2.13. The van der Waals surface area contributed by atoms with Crippen molar-refractivity contribution in [2.24, 2.45) is 0 Å². The zero-order valence-corrected chi connectivity index (χ0v) is 12.7. The first-order chi connectivity index (χ1) is 9.60. The molecule has 3 nitrogen and oxygen atoms in total. The molecule has 0 saturated carbocycles. The van der Waals surface area contributed by atoms with Gasteiger partial charge in [0.25, 0.3) is 0 Å². The maximum atomic E-state index is 5.33. The van der Waals surface area contributed by atoms with E-state index >= 15 is 0 Å². The van der Waals surface area contributed by atoms with Gasteiger partial charge in [-0.15, -0.1) is 0 Å². The van der Waals surface area contributed by atoms with Gasteiger partial charge in [0.05, 0.1) is 18.5 Å². The van der Waals surface area contributed by atoms with Crippen molar-refractivity contribution in [3.05, 3.63) is 52.7 Å². The van der Waals surface area contributed by atoms with Crippen LogP contribution >= 0.6 is 0 Å². The lowest BCUT2D eigenvalue weighted by Crippen LogP contribution is -2.03. The molecule has 1 aromatic carbocycles. The average molecular weight is 270 g/mol. The summed E-state index contributed by atoms with van der Waals surface area (Å²) in [5.74, 6) is 0.667. The van der Waals surface area contributed by atoms with Gasteiger partial charge in [0.2, 0.25) is 5.88 Å². The lowest BCUT2D eigenvalue weighted by molar-refractivity contribution is 0.327. The third-order valence-electron chi connectivity index (χ3n) is 3.46. The summed E-state index contributed by atoms with van der Waals surface area (Å²) in [5.41, 5.74) is 6.32. The molecule has 0 saturated heterocycles. The van der Waals surface area contributed by atoms with Crippen molar-refractivity contribution in [2.75, 3.05) is 11.9 Å². The van der Waals surface area contributed by atoms with E-state index in [9.17, 15) is 0 Å². The number of aromatic nitrogens is 1. The van der Waals surface area contributed by atoms with Crippen LogP contribution in [0.4, 0.5) is 5.69 Å². The highest BCUT2D eigenvalue weighted by molar-refractivity contribution is 5.44. The molecule has 0 amide bonds. The van der Waals surface area contributed by atoms with Gasteiger partial charge in [-0.2, -0.15) is 0 Å². The van der Waals surface area contributed by atoms with Crippen molar-refractivity contribution in [2.45, 2.75) is 34.2 Å². The molecule has 1 heterocycles. The first kappa shape index (κ1) is 14.4. The van der Waals surface area contributed by atoms with Crippen molar-refractivity contribution in [1.29, 1.82) is 0 Å². The average Bonchev–Trinajstić information content (AvgIpc) is 2.43. The van der Waals surface area contributed by atoms with E-state index in [4.69, 9.17) is 4.74 Å². The molecule has 0 spiro atoms. The number of nitrogens with zero attached hydrogens (tertiary/aromatic N) is 1. The molecule has 2 rings (SSSR count). The van der Waals surface area contributed by atoms with Crippen LogP contribution in [0.1, 0.15) is 29.2 Å². The summed E-state index contributed by atoms with van der Waals surface area (Å²) in [4.78, 5) is 4.25. The zero-order valence-electron chi connectivity index (χ0n) is 12.7. The number of nitrogens with one attached hydrogen (secondary N) is 1. The van der Waals surface area contributed by atoms with Crippen LogP contribution in [0.25, 0.3) is 0 Å². The number of rotatable bonds is 5. The van der Waals surface area contributed by atoms with Gasteiger partial charge in [-0.1, -0.05) is 12.1 Å². The number of pyridine rings is 1. The minimum absolute atomic E-state index is 0.640. The number of benzene rings is 1. The molecule has 2 aromatic rings. The minimum Gasteiger partial charge on any atom is -0.478 e. The van der Waals surface area contributed by atoms with Crippen molar-refractivity contribution >= 4 is 5.69 Å². The summed E-state index contributed by atoms with van der Waals surface area (Å²) < 4.78 is 5.33. The molecule has 0 unspecified atom stereocenters. The number of ether oxygens (including phenoxy) is 1. The van der Waals surface area contributed by atoms with Gasteiger partial charge < -0.3 is 10.1 Å². The first-order valence-corrected chi connectivity index (χ1v) is 6.99. The summed E-state index contributed by atoms with van der Waals surface area (Å²) in [6.45, 7) is 9.85. The van der Waals surface area contributed by atoms with Crippen LogP contribution in [-0.2, 0) is 6.54 Å². The normalized spacial score (nSPS) is 10.4. The summed E-state index contributed by atoms with van der Waals surface area (Å²) in [5, 5.41) is 3.40. The van der Waals surface area contributed by atoms with E-state index in [1.54, 1.807) is 6.20 Å². The molecule has 0 aliphatic rings. The first-order valence-electron chi connectivity index (χ1n) is 6.99. The van der Waals surface area contributed by atoms with E-state index in [1.807, 2.05) is 19.1 Å². The van der Waals surface area contributed by atoms with Crippen molar-refractivity contribution in [3.8, 4) is 5.88 Å². The second-order valence-corrected chi connectivity index (χ2v) is 5.03. The molecule has 1 N–H and O–H groups in total. The number of anilines is 1. The fourth-order valence-corrected chi connectivity index (χ4v) is 2.13. The number of aryl methyl sites for hydroxylation is 3. The fraction of sp³-hybridized carbons (Fsp3) is 0.353. The molecule has 106 valence electrons. The molecule has 0 fully saturated rings. The maximum absolute atomic E-state index is 5.33. The molecule has 0 aliphatic heterocycles. The quantitative estimate of drug-likeness (QED) is 0.891. The van der Waals surface area contributed by atoms with Gasteiger partial charge in [-0.25, -0.2) is 4.98 Å². The second kappa shape index (κ2) is 6.42. The van der Waals surface area contributed by atoms with Gasteiger partial charge in [0.15, 0.2) is 0 Å². The lowest BCUT2D eigenvalue weighted by atomic mass is 10.0. The Hall–Kier alpha value is -2.03. The zero-order chi connectivity index (χ0) is 14.5. The number of hydrogen-bond donors (Lipinski definition) is 1. The van der Waals surface area contributed by atoms with Crippen LogP contribution in [0.5, 0.6) is 5.88 Å². The molecule has 3 heteroatoms. The molecule has 0 aliphatic carbocycles. The van der Waals surface area contributed by atoms with Gasteiger partial charge in [0.1, 0.15) is 0 Å². The van der Waals surface area contributed by atoms with Crippen LogP contribution in [0, 0.1) is 20.8 Å². The Morgan fingerprint density at radius 3 is 2.45 bits per heavy atom. The topological polar surface area (TPSA) is 34.1 Å². The van der Waals surface area contributed by atoms with E-state index < -0.39 is 0 Å². The van der Waals surface area contributed by atoms with E-state index in [0.717, 1.165) is 12.2 Å². The molecule has 0 atom stereocenters. The highest BCUT2D eigenvalue weighted by Crippen LogP contribution is 2.17. The third-order valence-corrected chi connectivity index (χ3v) is 3.46. The highest BCUT2D eigenvalue weighted by atomic mass is 16.5. The smallest absolute Gasteiger partial charge is 0.213 e. The van der Waals surface area contributed by atoms with Crippen molar-refractivity contribution in [1.82, 2.24) is 4.98 Å². The highest BCUT2D eigenvalue weighted by Gasteiger charge is 2.02. The Balaban J connectivity index is 2.03. The van der Waals surface area contributed by atoms with E-state index in [2.05, 4.69) is 43.2 Å². The van der Waals surface area contributed by atoms with Gasteiger partial charge in [-0.3, -0.25) is 0 Å². The summed E-state index contributed by atoms with van der Waals surface area (Å²) >= 11 is 0. The summed E-state index contributed by atoms with van der Waals surface area (Å²) in [6.07, 6.45) is 1.81. The van der Waals surface area contributed by atoms with Crippen LogP contribution in [0.15, 0.2) is 30.5 Å². The molecular weight excluding hydrogens is 248 g/mol. The van der Waals surface area contributed by atoms with E-state index in [0.29, 0.717) is 12.5 Å². The van der Waals surface area contributed by atoms with Crippen molar-refractivity contribution < 1.29 is 4.74 Å². The van der Waals surface area contributed by atoms with Crippen LogP contribution in [-0.4, -0.2) is 11.6 Å². The standard InChI is InChI=1S/C17H22N2O/c1-5-20-17-7-6-16(11-19-17)18-10-15-9-13(3)12(2)8-14(15)4/h6-9,11,18H,5,10H2,1-4H3. The Bertz CT molecular complexity index is 576. The minimum atomic E-state index is 0.640. The van der Waals surface area contributed by atoms with Crippen LogP contribution < -0.4 is 10.1 Å². The largest absolute Gasteiger partial charge is 0.478 e. The van der Waals surface area contributed by atoms with Crippen molar-refractivity contribution in [3.63, 3.8) is 0 Å². The van der Waals surface area contributed by atoms with Gasteiger partial charge in [0, 0.05) is 12.6 Å². The Kier molecular flexibility index (Phi) is 4.61. The number of hydrogen-bond acceptors (Lipinski definition) is 3. The predicted octanol–water partition coefficient (Wildman–Crippen LogP) is 4.02.